The van der Waals surface area contributed by atoms with E-state index in [2.05, 4.69) is 10.0 Å². The van der Waals surface area contributed by atoms with E-state index in [-0.39, 0.29) is 49.7 Å². The second kappa shape index (κ2) is 16.5. The molecule has 2 unspecified atom stereocenters. The first-order valence-corrected chi connectivity index (χ1v) is 19.1. The number of para-hydroxylation sites is 2. The molecular weight excluding hydrogens is 687 g/mol. The van der Waals surface area contributed by atoms with Gasteiger partial charge in [-0.15, -0.1) is 0 Å². The highest BCUT2D eigenvalue weighted by Crippen LogP contribution is 2.50. The third kappa shape index (κ3) is 9.50. The van der Waals surface area contributed by atoms with Crippen LogP contribution >= 0.6 is 0 Å². The van der Waals surface area contributed by atoms with Crippen LogP contribution in [0.25, 0.3) is 0 Å². The lowest BCUT2D eigenvalue weighted by atomic mass is 9.69. The summed E-state index contributed by atoms with van der Waals surface area (Å²) >= 11 is 0. The van der Waals surface area contributed by atoms with Crippen LogP contribution in [0.2, 0.25) is 0 Å². The molecule has 1 fully saturated rings. The number of amides is 2. The van der Waals surface area contributed by atoms with Gasteiger partial charge in [-0.2, -0.15) is 0 Å². The van der Waals surface area contributed by atoms with Gasteiger partial charge in [-0.05, 0) is 82.7 Å². The second-order valence-electron chi connectivity index (χ2n) is 14.5. The molecule has 3 N–H and O–H groups in total. The first-order chi connectivity index (χ1) is 24.7. The Hall–Kier alpha value is -4.46. The average molecular weight is 736 g/mol. The fourth-order valence-electron chi connectivity index (χ4n) is 6.99. The van der Waals surface area contributed by atoms with Gasteiger partial charge in [0.05, 0.1) is 10.8 Å². The first-order valence-electron chi connectivity index (χ1n) is 17.7. The van der Waals surface area contributed by atoms with Gasteiger partial charge in [0, 0.05) is 62.4 Å². The zero-order chi connectivity index (χ0) is 37.5. The van der Waals surface area contributed by atoms with E-state index in [4.69, 9.17) is 19.3 Å². The van der Waals surface area contributed by atoms with E-state index in [9.17, 15) is 22.8 Å². The van der Waals surface area contributed by atoms with Crippen molar-refractivity contribution >= 4 is 28.0 Å². The molecule has 5 rings (SSSR count). The maximum Gasteiger partial charge on any atom is 0.410 e. The van der Waals surface area contributed by atoms with Crippen molar-refractivity contribution in [3.63, 3.8) is 0 Å². The Balaban J connectivity index is 1.39. The number of methoxy groups -OCH3 is 1. The van der Waals surface area contributed by atoms with Crippen LogP contribution in [0.3, 0.4) is 0 Å². The van der Waals surface area contributed by atoms with Crippen molar-refractivity contribution in [2.45, 2.75) is 81.2 Å². The Morgan fingerprint density at radius 3 is 2.17 bits per heavy atom. The summed E-state index contributed by atoms with van der Waals surface area (Å²) in [4.78, 5) is 39.9. The molecule has 0 spiro atoms. The van der Waals surface area contributed by atoms with E-state index in [1.54, 1.807) is 40.0 Å². The van der Waals surface area contributed by atoms with Gasteiger partial charge in [-0.25, -0.2) is 17.9 Å². The highest BCUT2D eigenvalue weighted by Gasteiger charge is 2.43. The Bertz CT molecular complexity index is 1790. The lowest BCUT2D eigenvalue weighted by molar-refractivity contribution is -0.137. The maximum atomic E-state index is 14.2. The number of aryl methyl sites for hydroxylation is 1. The number of piperidine rings is 1. The third-order valence-electron chi connectivity index (χ3n) is 9.45. The van der Waals surface area contributed by atoms with Crippen LogP contribution in [0.15, 0.2) is 77.7 Å². The van der Waals surface area contributed by atoms with E-state index in [1.807, 2.05) is 48.5 Å². The van der Waals surface area contributed by atoms with E-state index >= 15 is 0 Å². The minimum absolute atomic E-state index is 0.00534. The molecule has 2 aliphatic heterocycles. The van der Waals surface area contributed by atoms with Crippen LogP contribution in [-0.2, 0) is 40.9 Å². The number of carbonyl (C=O) groups is 3. The Morgan fingerprint density at radius 1 is 0.942 bits per heavy atom. The number of hydrogen-bond donors (Lipinski definition) is 3. The van der Waals surface area contributed by atoms with Crippen molar-refractivity contribution in [3.05, 3.63) is 89.5 Å². The topological polar surface area (TPSA) is 161 Å². The maximum absolute atomic E-state index is 14.2. The number of unbranched alkanes of at least 4 members (excludes halogenated alkanes) is 1. The van der Waals surface area contributed by atoms with E-state index < -0.39 is 45.1 Å². The molecule has 280 valence electrons. The van der Waals surface area contributed by atoms with Gasteiger partial charge in [-0.3, -0.25) is 9.59 Å². The van der Waals surface area contributed by atoms with Crippen LogP contribution in [0.4, 0.5) is 4.79 Å². The number of hydrogen-bond acceptors (Lipinski definition) is 8. The van der Waals surface area contributed by atoms with Crippen LogP contribution in [0.5, 0.6) is 11.5 Å². The molecule has 2 heterocycles. The number of likely N-dealkylation sites (tertiary alicyclic amines) is 1. The largest absolute Gasteiger partial charge is 0.481 e. The smallest absolute Gasteiger partial charge is 0.410 e. The van der Waals surface area contributed by atoms with Crippen LogP contribution in [-0.4, -0.2) is 81.4 Å². The molecule has 12 nitrogen and oxygen atoms in total. The number of carbonyl (C=O) groups excluding carboxylic acids is 2. The van der Waals surface area contributed by atoms with Crippen LogP contribution in [0, 0.1) is 5.92 Å². The molecule has 0 aliphatic carbocycles. The first kappa shape index (κ1) is 38.8. The number of sulfonamides is 1. The normalized spacial score (nSPS) is 18.0. The van der Waals surface area contributed by atoms with Crippen molar-refractivity contribution in [1.82, 2.24) is 14.9 Å². The van der Waals surface area contributed by atoms with E-state index in [1.165, 1.54) is 17.0 Å². The lowest BCUT2D eigenvalue weighted by Gasteiger charge is -2.42. The van der Waals surface area contributed by atoms with Crippen molar-refractivity contribution < 1.29 is 42.1 Å². The molecule has 3 aromatic rings. The molecule has 3 aromatic carbocycles. The summed E-state index contributed by atoms with van der Waals surface area (Å²) in [5.74, 6) is -0.551. The second-order valence-corrected chi connectivity index (χ2v) is 16.2. The van der Waals surface area contributed by atoms with Gasteiger partial charge in [0.15, 0.2) is 0 Å². The lowest BCUT2D eigenvalue weighted by Crippen LogP contribution is -2.56. The summed E-state index contributed by atoms with van der Waals surface area (Å²) in [5.41, 5.74) is 1.20. The number of carboxylic acids is 1. The number of aliphatic carboxylic acids is 1. The molecule has 1 saturated heterocycles. The molecule has 0 radical (unpaired) electrons. The quantitative estimate of drug-likeness (QED) is 0.178. The Kier molecular flexibility index (Phi) is 12.3. The molecular formula is C39H49N3O9S. The minimum atomic E-state index is -4.06. The average Bonchev–Trinajstić information content (AvgIpc) is 3.10. The van der Waals surface area contributed by atoms with Gasteiger partial charge in [0.1, 0.15) is 17.1 Å². The zero-order valence-corrected chi connectivity index (χ0v) is 31.0. The number of rotatable bonds is 14. The highest BCUT2D eigenvalue weighted by atomic mass is 32.2. The fraction of sp³-hybridized carbons (Fsp3) is 0.462. The van der Waals surface area contributed by atoms with E-state index in [0.29, 0.717) is 18.6 Å². The van der Waals surface area contributed by atoms with Gasteiger partial charge >= 0.3 is 12.1 Å². The van der Waals surface area contributed by atoms with Crippen molar-refractivity contribution in [2.24, 2.45) is 5.92 Å². The molecule has 2 aliphatic rings. The number of ether oxygens (including phenoxy) is 3. The van der Waals surface area contributed by atoms with Crippen molar-refractivity contribution in [1.29, 1.82) is 0 Å². The summed E-state index contributed by atoms with van der Waals surface area (Å²) in [6.07, 6.45) is 2.08. The summed E-state index contributed by atoms with van der Waals surface area (Å²) in [5, 5.41) is 12.2. The summed E-state index contributed by atoms with van der Waals surface area (Å²) in [7, 11) is -2.39. The zero-order valence-electron chi connectivity index (χ0n) is 30.2. The monoisotopic (exact) mass is 735 g/mol. The third-order valence-corrected chi connectivity index (χ3v) is 11.0. The number of nitrogens with one attached hydrogen (secondary N) is 2. The summed E-state index contributed by atoms with van der Waals surface area (Å²) in [6, 6.07) is 20.9. The van der Waals surface area contributed by atoms with Gasteiger partial charge in [0.25, 0.3) is 0 Å². The van der Waals surface area contributed by atoms with Crippen LogP contribution in [0.1, 0.15) is 69.6 Å². The van der Waals surface area contributed by atoms with Crippen molar-refractivity contribution in [3.8, 4) is 11.5 Å². The van der Waals surface area contributed by atoms with E-state index in [0.717, 1.165) is 35.5 Å². The van der Waals surface area contributed by atoms with Crippen LogP contribution < -0.4 is 14.8 Å². The standard InChI is InChI=1S/C39H49N3O9S/c1-38(2,3)51-37(46)42-24-28(23-29(25-42)41-52(47,48)30-18-15-27(16-19-30)17-20-35(43)44)36(45)40-26-39(21-9-10-22-49-4)31-11-5-7-13-33(31)50-34-14-8-6-12-32(34)39/h5-8,11-16,18-19,28-29,41H,9-10,17,20-26H2,1-4H3,(H,40,45)(H,43,44). The Labute approximate surface area is 305 Å². The molecule has 0 aromatic heterocycles. The van der Waals surface area contributed by atoms with Crippen molar-refractivity contribution in [2.75, 3.05) is 33.4 Å². The van der Waals surface area contributed by atoms with Gasteiger partial charge in [-0.1, -0.05) is 48.5 Å². The number of carboxylic acid groups (broad SMARTS) is 1. The predicted octanol–water partition coefficient (Wildman–Crippen LogP) is 5.63. The number of nitrogens with zero attached hydrogens (tertiary/aromatic N) is 1. The molecule has 2 amide bonds. The summed E-state index contributed by atoms with van der Waals surface area (Å²) in [6.45, 7) is 6.16. The SMILES string of the molecule is COCCCCC1(CNC(=O)C2CC(NS(=O)(=O)c3ccc(CCC(=O)O)cc3)CN(C(=O)OC(C)(C)C)C2)c2ccccc2Oc2ccccc21. The fourth-order valence-corrected chi connectivity index (χ4v) is 8.23. The van der Waals surface area contributed by atoms with Gasteiger partial charge in [0.2, 0.25) is 15.9 Å². The number of benzene rings is 3. The number of fused-ring (bicyclic) bond motifs is 2. The minimum Gasteiger partial charge on any atom is -0.481 e. The summed E-state index contributed by atoms with van der Waals surface area (Å²) < 4.78 is 47.1. The molecule has 2 atom stereocenters. The Morgan fingerprint density at radius 2 is 1.58 bits per heavy atom. The molecule has 0 saturated carbocycles. The highest BCUT2D eigenvalue weighted by molar-refractivity contribution is 7.89. The molecule has 0 bridgehead atoms. The molecule has 52 heavy (non-hydrogen) atoms. The molecule has 13 heteroatoms. The van der Waals surface area contributed by atoms with Gasteiger partial charge < -0.3 is 29.5 Å². The predicted molar refractivity (Wildman–Crippen MR) is 195 cm³/mol.